The summed E-state index contributed by atoms with van der Waals surface area (Å²) in [5, 5.41) is 12.3. The average molecular weight is 223 g/mol. The van der Waals surface area contributed by atoms with E-state index < -0.39 is 4.92 Å². The highest BCUT2D eigenvalue weighted by atomic mass is 35.5. The van der Waals surface area contributed by atoms with Crippen LogP contribution < -0.4 is 5.73 Å². The van der Waals surface area contributed by atoms with E-state index in [-0.39, 0.29) is 5.69 Å². The first-order chi connectivity index (χ1) is 7.11. The Morgan fingerprint density at radius 1 is 1.20 bits per heavy atom. The molecule has 0 aromatic heterocycles. The number of nitrogen functional groups attached to an aromatic ring is 1. The van der Waals surface area contributed by atoms with Gasteiger partial charge in [0.05, 0.1) is 21.0 Å². The topological polar surface area (TPSA) is 69.2 Å². The highest BCUT2D eigenvalue weighted by Gasteiger charge is 2.13. The average Bonchev–Trinajstić information content (AvgIpc) is 2.23. The molecule has 0 aliphatic carbocycles. The van der Waals surface area contributed by atoms with Gasteiger partial charge < -0.3 is 5.73 Å². The molecular formula is C10H7ClN2O2. The SMILES string of the molecule is Nc1c(Cl)ccc2c([N+](=O)[O-])cccc12. The quantitative estimate of drug-likeness (QED) is 0.458. The summed E-state index contributed by atoms with van der Waals surface area (Å²) < 4.78 is 0. The fraction of sp³-hybridized carbons (Fsp3) is 0. The van der Waals surface area contributed by atoms with Gasteiger partial charge in [0.25, 0.3) is 5.69 Å². The van der Waals surface area contributed by atoms with Crippen molar-refractivity contribution in [3.8, 4) is 0 Å². The van der Waals surface area contributed by atoms with E-state index in [0.717, 1.165) is 0 Å². The summed E-state index contributed by atoms with van der Waals surface area (Å²) in [5.74, 6) is 0. The molecule has 0 saturated carbocycles. The molecule has 0 atom stereocenters. The Morgan fingerprint density at radius 3 is 2.60 bits per heavy atom. The van der Waals surface area contributed by atoms with Crippen LogP contribution in [0.2, 0.25) is 5.02 Å². The van der Waals surface area contributed by atoms with Gasteiger partial charge in [-0.25, -0.2) is 0 Å². The third kappa shape index (κ3) is 1.49. The predicted molar refractivity (Wildman–Crippen MR) is 60.0 cm³/mol. The van der Waals surface area contributed by atoms with Crippen molar-refractivity contribution in [2.24, 2.45) is 0 Å². The Labute approximate surface area is 90.4 Å². The number of nitro benzene ring substituents is 1. The zero-order chi connectivity index (χ0) is 11.0. The minimum atomic E-state index is -0.435. The summed E-state index contributed by atoms with van der Waals surface area (Å²) >= 11 is 5.82. The Morgan fingerprint density at radius 2 is 1.93 bits per heavy atom. The molecule has 2 rings (SSSR count). The van der Waals surface area contributed by atoms with E-state index in [1.54, 1.807) is 24.3 Å². The molecule has 0 aliphatic rings. The zero-order valence-electron chi connectivity index (χ0n) is 7.61. The van der Waals surface area contributed by atoms with Crippen LogP contribution in [0.15, 0.2) is 30.3 Å². The molecule has 15 heavy (non-hydrogen) atoms. The molecule has 5 heteroatoms. The molecule has 4 nitrogen and oxygen atoms in total. The second kappa shape index (κ2) is 3.40. The lowest BCUT2D eigenvalue weighted by molar-refractivity contribution is -0.383. The van der Waals surface area contributed by atoms with Crippen molar-refractivity contribution in [1.82, 2.24) is 0 Å². The molecule has 0 aliphatic heterocycles. The van der Waals surface area contributed by atoms with Gasteiger partial charge in [-0.2, -0.15) is 0 Å². The Bertz CT molecular complexity index is 554. The summed E-state index contributed by atoms with van der Waals surface area (Å²) in [4.78, 5) is 10.3. The van der Waals surface area contributed by atoms with Crippen molar-refractivity contribution in [3.63, 3.8) is 0 Å². The highest BCUT2D eigenvalue weighted by molar-refractivity contribution is 6.34. The van der Waals surface area contributed by atoms with Gasteiger partial charge in [0.15, 0.2) is 0 Å². The number of benzene rings is 2. The van der Waals surface area contributed by atoms with Gasteiger partial charge in [0.1, 0.15) is 0 Å². The number of nitrogens with zero attached hydrogens (tertiary/aromatic N) is 1. The molecule has 0 radical (unpaired) electrons. The fourth-order valence-electron chi connectivity index (χ4n) is 1.50. The van der Waals surface area contributed by atoms with Crippen LogP contribution in [0, 0.1) is 10.1 Å². The summed E-state index contributed by atoms with van der Waals surface area (Å²) in [6, 6.07) is 7.91. The highest BCUT2D eigenvalue weighted by Crippen LogP contribution is 2.33. The van der Waals surface area contributed by atoms with Gasteiger partial charge in [-0.05, 0) is 12.1 Å². The second-order valence-corrected chi connectivity index (χ2v) is 3.50. The van der Waals surface area contributed by atoms with Crippen molar-refractivity contribution in [1.29, 1.82) is 0 Å². The molecule has 0 spiro atoms. The van der Waals surface area contributed by atoms with Crippen LogP contribution in [-0.4, -0.2) is 4.92 Å². The van der Waals surface area contributed by atoms with Gasteiger partial charge in [-0.3, -0.25) is 10.1 Å². The molecule has 0 amide bonds. The maximum atomic E-state index is 10.7. The lowest BCUT2D eigenvalue weighted by atomic mass is 10.1. The smallest absolute Gasteiger partial charge is 0.277 e. The Hall–Kier alpha value is -1.81. The molecule has 2 aromatic carbocycles. The zero-order valence-corrected chi connectivity index (χ0v) is 8.36. The minimum Gasteiger partial charge on any atom is -0.397 e. The number of nitrogens with two attached hydrogens (primary N) is 1. The lowest BCUT2D eigenvalue weighted by Gasteiger charge is -2.04. The van der Waals surface area contributed by atoms with Gasteiger partial charge in [0, 0.05) is 11.5 Å². The molecule has 0 saturated heterocycles. The number of nitro groups is 1. The number of fused-ring (bicyclic) bond motifs is 1. The third-order valence-corrected chi connectivity index (χ3v) is 2.55. The first-order valence-electron chi connectivity index (χ1n) is 4.22. The van der Waals surface area contributed by atoms with Crippen LogP contribution in [0.1, 0.15) is 0 Å². The van der Waals surface area contributed by atoms with E-state index in [0.29, 0.717) is 21.5 Å². The van der Waals surface area contributed by atoms with Crippen LogP contribution >= 0.6 is 11.6 Å². The summed E-state index contributed by atoms with van der Waals surface area (Å²) in [7, 11) is 0. The molecule has 2 N–H and O–H groups in total. The molecule has 0 unspecified atom stereocenters. The Kier molecular flexibility index (Phi) is 2.21. The van der Waals surface area contributed by atoms with Crippen LogP contribution in [0.5, 0.6) is 0 Å². The largest absolute Gasteiger partial charge is 0.397 e. The van der Waals surface area contributed by atoms with E-state index in [1.165, 1.54) is 6.07 Å². The van der Waals surface area contributed by atoms with E-state index >= 15 is 0 Å². The van der Waals surface area contributed by atoms with Gasteiger partial charge in [-0.1, -0.05) is 23.7 Å². The minimum absolute atomic E-state index is 0.0378. The first-order valence-corrected chi connectivity index (χ1v) is 4.60. The number of rotatable bonds is 1. The van der Waals surface area contributed by atoms with E-state index in [1.807, 2.05) is 0 Å². The molecule has 2 aromatic rings. The van der Waals surface area contributed by atoms with Crippen LogP contribution in [0.3, 0.4) is 0 Å². The summed E-state index contributed by atoms with van der Waals surface area (Å²) in [6.07, 6.45) is 0. The molecule has 0 fully saturated rings. The standard InChI is InChI=1S/C10H7ClN2O2/c11-8-5-4-6-7(10(8)12)2-1-3-9(6)13(14)15/h1-5H,12H2. The van der Waals surface area contributed by atoms with Gasteiger partial charge in [-0.15, -0.1) is 0 Å². The van der Waals surface area contributed by atoms with Crippen LogP contribution in [-0.2, 0) is 0 Å². The second-order valence-electron chi connectivity index (χ2n) is 3.09. The van der Waals surface area contributed by atoms with Gasteiger partial charge >= 0.3 is 0 Å². The summed E-state index contributed by atoms with van der Waals surface area (Å²) in [6.45, 7) is 0. The maximum Gasteiger partial charge on any atom is 0.277 e. The molecule has 0 heterocycles. The lowest BCUT2D eigenvalue weighted by Crippen LogP contribution is -1.92. The third-order valence-electron chi connectivity index (χ3n) is 2.22. The van der Waals surface area contributed by atoms with Crippen LogP contribution in [0.4, 0.5) is 11.4 Å². The van der Waals surface area contributed by atoms with Gasteiger partial charge in [0.2, 0.25) is 0 Å². The van der Waals surface area contributed by atoms with Crippen molar-refractivity contribution in [3.05, 3.63) is 45.5 Å². The number of non-ortho nitro benzene ring substituents is 1. The molecule has 76 valence electrons. The first kappa shape index (κ1) is 9.73. The van der Waals surface area contributed by atoms with Crippen LogP contribution in [0.25, 0.3) is 10.8 Å². The number of anilines is 1. The fourth-order valence-corrected chi connectivity index (χ4v) is 1.66. The van der Waals surface area contributed by atoms with Crippen molar-refractivity contribution < 1.29 is 4.92 Å². The Balaban J connectivity index is 2.89. The van der Waals surface area contributed by atoms with Crippen molar-refractivity contribution in [2.45, 2.75) is 0 Å². The monoisotopic (exact) mass is 222 g/mol. The van der Waals surface area contributed by atoms with E-state index in [4.69, 9.17) is 17.3 Å². The number of hydrogen-bond acceptors (Lipinski definition) is 3. The maximum absolute atomic E-state index is 10.7. The normalized spacial score (nSPS) is 10.5. The summed E-state index contributed by atoms with van der Waals surface area (Å²) in [5.41, 5.74) is 6.14. The van der Waals surface area contributed by atoms with Crippen molar-refractivity contribution in [2.75, 3.05) is 5.73 Å². The number of hydrogen-bond donors (Lipinski definition) is 1. The molecule has 0 bridgehead atoms. The van der Waals surface area contributed by atoms with Crippen molar-refractivity contribution >= 4 is 33.7 Å². The predicted octanol–water partition coefficient (Wildman–Crippen LogP) is 2.98. The van der Waals surface area contributed by atoms with E-state index in [2.05, 4.69) is 0 Å². The molecular weight excluding hydrogens is 216 g/mol. The van der Waals surface area contributed by atoms with E-state index in [9.17, 15) is 10.1 Å². The number of halogens is 1.